The third-order valence-electron chi connectivity index (χ3n) is 5.04. The molecule has 0 saturated heterocycles. The Labute approximate surface area is 176 Å². The van der Waals surface area contributed by atoms with Crippen molar-refractivity contribution in [2.24, 2.45) is 0 Å². The average molecular weight is 414 g/mol. The zero-order valence-electron chi connectivity index (χ0n) is 16.9. The lowest BCUT2D eigenvalue weighted by molar-refractivity contribution is 0.102. The monoisotopic (exact) mass is 414 g/mol. The summed E-state index contributed by atoms with van der Waals surface area (Å²) < 4.78 is 16.0. The van der Waals surface area contributed by atoms with Crippen molar-refractivity contribution in [3.05, 3.63) is 71.6 Å². The topological polar surface area (TPSA) is 107 Å². The van der Waals surface area contributed by atoms with Gasteiger partial charge >= 0.3 is 0 Å². The van der Waals surface area contributed by atoms with Gasteiger partial charge in [0.2, 0.25) is 5.88 Å². The molecule has 0 fully saturated rings. The Morgan fingerprint density at radius 3 is 2.61 bits per heavy atom. The van der Waals surface area contributed by atoms with Crippen molar-refractivity contribution >= 4 is 22.9 Å². The lowest BCUT2D eigenvalue weighted by atomic mass is 10.1. The van der Waals surface area contributed by atoms with Crippen molar-refractivity contribution in [3.8, 4) is 22.7 Å². The van der Waals surface area contributed by atoms with Crippen LogP contribution in [0.4, 0.5) is 5.88 Å². The molecule has 4 heterocycles. The summed E-state index contributed by atoms with van der Waals surface area (Å²) in [6.45, 7) is 3.85. The van der Waals surface area contributed by atoms with E-state index >= 15 is 0 Å². The second kappa shape index (κ2) is 7.56. The highest BCUT2D eigenvalue weighted by atomic mass is 16.5. The fourth-order valence-corrected chi connectivity index (χ4v) is 3.38. The zero-order valence-corrected chi connectivity index (χ0v) is 16.9. The van der Waals surface area contributed by atoms with E-state index in [-0.39, 0.29) is 11.6 Å². The van der Waals surface area contributed by atoms with Crippen molar-refractivity contribution in [1.82, 2.24) is 15.3 Å². The van der Waals surface area contributed by atoms with Crippen molar-refractivity contribution in [2.45, 2.75) is 20.3 Å². The van der Waals surface area contributed by atoms with E-state index in [1.807, 2.05) is 24.3 Å². The lowest BCUT2D eigenvalue weighted by Crippen LogP contribution is -2.12. The summed E-state index contributed by atoms with van der Waals surface area (Å²) >= 11 is 0. The third-order valence-corrected chi connectivity index (χ3v) is 5.04. The maximum Gasteiger partial charge on any atom is 0.259 e. The summed E-state index contributed by atoms with van der Waals surface area (Å²) in [4.78, 5) is 17.5. The lowest BCUT2D eigenvalue weighted by Gasteiger charge is -2.05. The number of rotatable bonds is 5. The predicted octanol–water partition coefficient (Wildman–Crippen LogP) is 5.26. The van der Waals surface area contributed by atoms with Crippen LogP contribution in [0.25, 0.3) is 33.8 Å². The van der Waals surface area contributed by atoms with Gasteiger partial charge in [-0.25, -0.2) is 4.98 Å². The number of nitrogens with one attached hydrogen (secondary N) is 1. The molecule has 0 spiro atoms. The zero-order chi connectivity index (χ0) is 21.4. The largest absolute Gasteiger partial charge is 0.463 e. The van der Waals surface area contributed by atoms with Crippen LogP contribution in [0.15, 0.2) is 68.3 Å². The number of hydrogen-bond donors (Lipinski definition) is 1. The molecule has 8 heteroatoms. The molecule has 0 aliphatic carbocycles. The summed E-state index contributed by atoms with van der Waals surface area (Å²) in [6.07, 6.45) is 2.50. The van der Waals surface area contributed by atoms with Crippen molar-refractivity contribution in [3.63, 3.8) is 0 Å². The van der Waals surface area contributed by atoms with Gasteiger partial charge in [-0.15, -0.1) is 0 Å². The highest BCUT2D eigenvalue weighted by Crippen LogP contribution is 2.28. The molecule has 5 aromatic rings. The van der Waals surface area contributed by atoms with Crippen molar-refractivity contribution < 1.29 is 18.3 Å². The Kier molecular flexibility index (Phi) is 4.59. The summed E-state index contributed by atoms with van der Waals surface area (Å²) in [5.41, 5.74) is 4.41. The van der Waals surface area contributed by atoms with Gasteiger partial charge in [0, 0.05) is 11.6 Å². The molecule has 1 N–H and O–H groups in total. The summed E-state index contributed by atoms with van der Waals surface area (Å²) in [5.74, 6) is 0.358. The molecule has 1 aromatic carbocycles. The van der Waals surface area contributed by atoms with E-state index in [0.29, 0.717) is 33.8 Å². The molecule has 0 aliphatic rings. The van der Waals surface area contributed by atoms with Crippen LogP contribution in [0.5, 0.6) is 0 Å². The third kappa shape index (κ3) is 3.48. The molecule has 5 rings (SSSR count). The molecule has 8 nitrogen and oxygen atoms in total. The molecule has 4 aromatic heterocycles. The molecule has 0 saturated carbocycles. The van der Waals surface area contributed by atoms with E-state index < -0.39 is 5.91 Å². The van der Waals surface area contributed by atoms with Crippen LogP contribution in [-0.2, 0) is 6.42 Å². The maximum atomic E-state index is 13.1. The number of nitrogens with zero attached hydrogens (tertiary/aromatic N) is 3. The van der Waals surface area contributed by atoms with Crippen molar-refractivity contribution in [2.75, 3.05) is 5.32 Å². The predicted molar refractivity (Wildman–Crippen MR) is 114 cm³/mol. The van der Waals surface area contributed by atoms with Gasteiger partial charge in [0.25, 0.3) is 11.6 Å². The first kappa shape index (κ1) is 18.8. The molecule has 154 valence electrons. The molecule has 1 amide bonds. The number of carbonyl (C=O) groups excluding carboxylic acids is 1. The van der Waals surface area contributed by atoms with E-state index in [2.05, 4.69) is 27.5 Å². The van der Waals surface area contributed by atoms with E-state index in [4.69, 9.17) is 13.5 Å². The molecule has 0 bridgehead atoms. The Hall–Kier alpha value is -4.20. The first-order valence-corrected chi connectivity index (χ1v) is 9.80. The van der Waals surface area contributed by atoms with Gasteiger partial charge in [0.15, 0.2) is 5.76 Å². The normalized spacial score (nSPS) is 11.2. The van der Waals surface area contributed by atoms with E-state index in [0.717, 1.165) is 12.0 Å². The van der Waals surface area contributed by atoms with Gasteiger partial charge in [0.1, 0.15) is 11.4 Å². The standard InChI is InChI=1S/C23H18N4O4/c1-3-14-6-8-15(9-7-14)17-12-20(30-27-17)25-22(28)16-11-18(19-5-4-10-29-19)24-23-21(16)13(2)26-31-23/h4-12H,3H2,1-2H3,(H,25,28). The van der Waals surface area contributed by atoms with Crippen LogP contribution in [0.1, 0.15) is 28.5 Å². The molecular weight excluding hydrogens is 396 g/mol. The smallest absolute Gasteiger partial charge is 0.259 e. The van der Waals surface area contributed by atoms with Crippen LogP contribution >= 0.6 is 0 Å². The summed E-state index contributed by atoms with van der Waals surface area (Å²) in [5, 5.41) is 11.3. The number of hydrogen-bond acceptors (Lipinski definition) is 7. The number of carbonyl (C=O) groups is 1. The minimum Gasteiger partial charge on any atom is -0.463 e. The molecule has 0 atom stereocenters. The van der Waals surface area contributed by atoms with Gasteiger partial charge < -0.3 is 13.5 Å². The SMILES string of the molecule is CCc1ccc(-c2cc(NC(=O)c3cc(-c4ccco4)nc4onc(C)c34)on2)cc1. The van der Waals surface area contributed by atoms with Crippen molar-refractivity contribution in [1.29, 1.82) is 0 Å². The van der Waals surface area contributed by atoms with Gasteiger partial charge in [-0.1, -0.05) is 41.5 Å². The van der Waals surface area contributed by atoms with Gasteiger partial charge in [-0.05, 0) is 37.1 Å². The highest BCUT2D eigenvalue weighted by Gasteiger charge is 2.21. The fourth-order valence-electron chi connectivity index (χ4n) is 3.38. The number of pyridine rings is 1. The Morgan fingerprint density at radius 2 is 1.87 bits per heavy atom. The minimum atomic E-state index is -0.393. The van der Waals surface area contributed by atoms with E-state index in [1.54, 1.807) is 31.2 Å². The number of amides is 1. The number of furan rings is 1. The number of aryl methyl sites for hydroxylation is 2. The highest BCUT2D eigenvalue weighted by molar-refractivity contribution is 6.12. The van der Waals surface area contributed by atoms with Gasteiger partial charge in [0.05, 0.1) is 22.9 Å². The molecule has 31 heavy (non-hydrogen) atoms. The van der Waals surface area contributed by atoms with E-state index in [1.165, 1.54) is 11.8 Å². The quantitative estimate of drug-likeness (QED) is 0.418. The summed E-state index contributed by atoms with van der Waals surface area (Å²) in [6, 6.07) is 14.9. The molecule has 0 aliphatic heterocycles. The van der Waals surface area contributed by atoms with Crippen LogP contribution in [0.3, 0.4) is 0 Å². The fraction of sp³-hybridized carbons (Fsp3) is 0.130. The Morgan fingerprint density at radius 1 is 1.03 bits per heavy atom. The second-order valence-electron chi connectivity index (χ2n) is 7.06. The molecular formula is C23H18N4O4. The van der Waals surface area contributed by atoms with E-state index in [9.17, 15) is 4.79 Å². The maximum absolute atomic E-state index is 13.1. The Bertz CT molecular complexity index is 1360. The average Bonchev–Trinajstić information content (AvgIpc) is 3.55. The number of fused-ring (bicyclic) bond motifs is 1. The second-order valence-corrected chi connectivity index (χ2v) is 7.06. The molecule has 0 radical (unpaired) electrons. The summed E-state index contributed by atoms with van der Waals surface area (Å²) in [7, 11) is 0. The number of benzene rings is 1. The van der Waals surface area contributed by atoms with Crippen LogP contribution in [0.2, 0.25) is 0 Å². The Balaban J connectivity index is 1.47. The number of anilines is 1. The number of aromatic nitrogens is 3. The van der Waals surface area contributed by atoms with Crippen LogP contribution < -0.4 is 5.32 Å². The minimum absolute atomic E-state index is 0.234. The van der Waals surface area contributed by atoms with Gasteiger partial charge in [-0.3, -0.25) is 10.1 Å². The first-order chi connectivity index (χ1) is 15.1. The first-order valence-electron chi connectivity index (χ1n) is 9.80. The van der Waals surface area contributed by atoms with Gasteiger partial charge in [-0.2, -0.15) is 0 Å². The molecule has 0 unspecified atom stereocenters. The van der Waals surface area contributed by atoms with Crippen LogP contribution in [0, 0.1) is 6.92 Å². The van der Waals surface area contributed by atoms with Crippen LogP contribution in [-0.4, -0.2) is 21.2 Å².